The second-order valence-electron chi connectivity index (χ2n) is 9.08. The molecule has 0 spiro atoms. The normalized spacial score (nSPS) is 12.8. The lowest BCUT2D eigenvalue weighted by Crippen LogP contribution is -2.26. The van der Waals surface area contributed by atoms with Crippen LogP contribution in [0.3, 0.4) is 0 Å². The molecule has 3 aromatic carbocycles. The van der Waals surface area contributed by atoms with Gasteiger partial charge in [-0.05, 0) is 61.6 Å². The van der Waals surface area contributed by atoms with Gasteiger partial charge in [-0.1, -0.05) is 49.4 Å². The van der Waals surface area contributed by atoms with Gasteiger partial charge in [-0.15, -0.1) is 0 Å². The van der Waals surface area contributed by atoms with E-state index in [4.69, 9.17) is 15.1 Å². The number of carbonyl (C=O) groups excluding carboxylic acids is 1. The van der Waals surface area contributed by atoms with E-state index in [1.165, 1.54) is 12.1 Å². The lowest BCUT2D eigenvalue weighted by molar-refractivity contribution is -0.138. The SMILES string of the molecule is CC(CCc1nc2cc(C(=O)NC(C)c3ccc(F)cc3)ccc2nc1-c1ccccc1)CC(=O)O. The molecule has 0 aliphatic rings. The third kappa shape index (κ3) is 6.10. The Morgan fingerprint density at radius 2 is 1.67 bits per heavy atom. The van der Waals surface area contributed by atoms with Crippen LogP contribution in [-0.4, -0.2) is 27.0 Å². The Bertz CT molecular complexity index is 1370. The van der Waals surface area contributed by atoms with Gasteiger partial charge in [0.05, 0.1) is 28.5 Å². The quantitative estimate of drug-likeness (QED) is 0.305. The number of aliphatic carboxylic acids is 1. The summed E-state index contributed by atoms with van der Waals surface area (Å²) in [6.07, 6.45) is 1.32. The van der Waals surface area contributed by atoms with Crippen molar-refractivity contribution in [2.45, 2.75) is 39.2 Å². The van der Waals surface area contributed by atoms with Gasteiger partial charge in [0.1, 0.15) is 5.82 Å². The zero-order valence-corrected chi connectivity index (χ0v) is 20.2. The summed E-state index contributed by atoms with van der Waals surface area (Å²) in [5.41, 5.74) is 4.97. The van der Waals surface area contributed by atoms with Gasteiger partial charge in [0.2, 0.25) is 0 Å². The van der Waals surface area contributed by atoms with Gasteiger partial charge in [0.25, 0.3) is 5.91 Å². The monoisotopic (exact) mass is 485 g/mol. The Labute approximate surface area is 209 Å². The molecule has 0 radical (unpaired) electrons. The molecule has 2 atom stereocenters. The van der Waals surface area contributed by atoms with Crippen molar-refractivity contribution in [1.82, 2.24) is 15.3 Å². The molecule has 7 heteroatoms. The largest absolute Gasteiger partial charge is 0.481 e. The second kappa shape index (κ2) is 11.1. The molecule has 2 N–H and O–H groups in total. The first kappa shape index (κ1) is 25.0. The minimum Gasteiger partial charge on any atom is -0.481 e. The number of nitrogens with zero attached hydrogens (tertiary/aromatic N) is 2. The molecule has 1 aromatic heterocycles. The van der Waals surface area contributed by atoms with Crippen LogP contribution >= 0.6 is 0 Å². The number of amides is 1. The first-order valence-corrected chi connectivity index (χ1v) is 11.9. The van der Waals surface area contributed by atoms with Crippen molar-refractivity contribution in [3.63, 3.8) is 0 Å². The maximum absolute atomic E-state index is 13.2. The van der Waals surface area contributed by atoms with E-state index < -0.39 is 5.97 Å². The molecule has 1 heterocycles. The fraction of sp³-hybridized carbons (Fsp3) is 0.241. The molecule has 36 heavy (non-hydrogen) atoms. The molecule has 2 unspecified atom stereocenters. The standard InChI is InChI=1S/C29H28FN3O3/c1-18(16-27(34)35)8-14-25-28(21-6-4-3-5-7-21)33-24-15-11-22(17-26(24)32-25)29(36)31-19(2)20-9-12-23(30)13-10-20/h3-7,9-13,15,17-19H,8,14,16H2,1-2H3,(H,31,36)(H,34,35). The molecule has 0 saturated carbocycles. The average molecular weight is 486 g/mol. The minimum absolute atomic E-state index is 0.00585. The summed E-state index contributed by atoms with van der Waals surface area (Å²) >= 11 is 0. The molecule has 0 fully saturated rings. The number of aryl methyl sites for hydroxylation is 1. The van der Waals surface area contributed by atoms with Gasteiger partial charge < -0.3 is 10.4 Å². The van der Waals surface area contributed by atoms with Gasteiger partial charge in [-0.2, -0.15) is 0 Å². The zero-order valence-electron chi connectivity index (χ0n) is 20.2. The summed E-state index contributed by atoms with van der Waals surface area (Å²) in [7, 11) is 0. The molecule has 0 aliphatic heterocycles. The summed E-state index contributed by atoms with van der Waals surface area (Å²) in [6, 6.07) is 20.7. The van der Waals surface area contributed by atoms with Crippen LogP contribution in [0.25, 0.3) is 22.3 Å². The van der Waals surface area contributed by atoms with Crippen LogP contribution in [0, 0.1) is 11.7 Å². The number of aromatic nitrogens is 2. The topological polar surface area (TPSA) is 92.2 Å². The third-order valence-electron chi connectivity index (χ3n) is 6.16. The van der Waals surface area contributed by atoms with Gasteiger partial charge in [0.15, 0.2) is 0 Å². The first-order chi connectivity index (χ1) is 17.3. The number of halogens is 1. The van der Waals surface area contributed by atoms with Crippen molar-refractivity contribution in [2.24, 2.45) is 5.92 Å². The number of carbonyl (C=O) groups is 2. The lowest BCUT2D eigenvalue weighted by Gasteiger charge is -2.15. The van der Waals surface area contributed by atoms with E-state index in [-0.39, 0.29) is 30.1 Å². The minimum atomic E-state index is -0.819. The van der Waals surface area contributed by atoms with Crippen molar-refractivity contribution in [2.75, 3.05) is 0 Å². The smallest absolute Gasteiger partial charge is 0.303 e. The average Bonchev–Trinajstić information content (AvgIpc) is 2.87. The van der Waals surface area contributed by atoms with E-state index in [1.807, 2.05) is 44.2 Å². The lowest BCUT2D eigenvalue weighted by atomic mass is 9.98. The van der Waals surface area contributed by atoms with Crippen LogP contribution in [0.2, 0.25) is 0 Å². The number of carboxylic acids is 1. The molecule has 4 aromatic rings. The van der Waals surface area contributed by atoms with Crippen LogP contribution in [0.1, 0.15) is 54.3 Å². The van der Waals surface area contributed by atoms with Gasteiger partial charge in [-0.3, -0.25) is 9.59 Å². The summed E-state index contributed by atoms with van der Waals surface area (Å²) in [5, 5.41) is 12.0. The fourth-order valence-electron chi connectivity index (χ4n) is 4.13. The Balaban J connectivity index is 1.62. The van der Waals surface area contributed by atoms with E-state index in [1.54, 1.807) is 30.3 Å². The molecule has 184 valence electrons. The van der Waals surface area contributed by atoms with Crippen LogP contribution in [-0.2, 0) is 11.2 Å². The summed E-state index contributed by atoms with van der Waals surface area (Å²) in [5.74, 6) is -1.41. The highest BCUT2D eigenvalue weighted by Gasteiger charge is 2.17. The van der Waals surface area contributed by atoms with Crippen molar-refractivity contribution in [1.29, 1.82) is 0 Å². The van der Waals surface area contributed by atoms with Crippen molar-refractivity contribution >= 4 is 22.9 Å². The molecule has 0 aliphatic carbocycles. The van der Waals surface area contributed by atoms with E-state index in [2.05, 4.69) is 5.32 Å². The van der Waals surface area contributed by atoms with Crippen LogP contribution in [0.5, 0.6) is 0 Å². The summed E-state index contributed by atoms with van der Waals surface area (Å²) in [6.45, 7) is 3.75. The number of nitrogens with one attached hydrogen (secondary N) is 1. The Morgan fingerprint density at radius 1 is 0.944 bits per heavy atom. The van der Waals surface area contributed by atoms with E-state index in [0.717, 1.165) is 22.5 Å². The predicted molar refractivity (Wildman–Crippen MR) is 137 cm³/mol. The highest BCUT2D eigenvalue weighted by atomic mass is 19.1. The van der Waals surface area contributed by atoms with Gasteiger partial charge in [0, 0.05) is 17.5 Å². The predicted octanol–water partition coefficient (Wildman–Crippen LogP) is 5.97. The Kier molecular flexibility index (Phi) is 7.68. The van der Waals surface area contributed by atoms with Crippen LogP contribution in [0.15, 0.2) is 72.8 Å². The molecule has 0 saturated heterocycles. The highest BCUT2D eigenvalue weighted by Crippen LogP contribution is 2.26. The maximum atomic E-state index is 13.2. The van der Waals surface area contributed by atoms with Gasteiger partial charge in [-0.25, -0.2) is 14.4 Å². The molecule has 1 amide bonds. The van der Waals surface area contributed by atoms with E-state index in [0.29, 0.717) is 29.4 Å². The Hall–Kier alpha value is -4.13. The molecule has 4 rings (SSSR count). The number of rotatable bonds is 9. The number of carboxylic acid groups (broad SMARTS) is 1. The number of benzene rings is 3. The summed E-state index contributed by atoms with van der Waals surface area (Å²) in [4.78, 5) is 33.7. The molecular formula is C29H28FN3O3. The van der Waals surface area contributed by atoms with E-state index >= 15 is 0 Å². The number of hydrogen-bond acceptors (Lipinski definition) is 4. The van der Waals surface area contributed by atoms with E-state index in [9.17, 15) is 14.0 Å². The summed E-state index contributed by atoms with van der Waals surface area (Å²) < 4.78 is 13.2. The molecule has 6 nitrogen and oxygen atoms in total. The number of fused-ring (bicyclic) bond motifs is 1. The zero-order chi connectivity index (χ0) is 25.7. The van der Waals surface area contributed by atoms with Crippen molar-refractivity contribution in [3.05, 3.63) is 95.4 Å². The highest BCUT2D eigenvalue weighted by molar-refractivity contribution is 5.97. The second-order valence-corrected chi connectivity index (χ2v) is 9.08. The fourth-order valence-corrected chi connectivity index (χ4v) is 4.13. The van der Waals surface area contributed by atoms with Crippen LogP contribution < -0.4 is 5.32 Å². The molecule has 0 bridgehead atoms. The maximum Gasteiger partial charge on any atom is 0.303 e. The Morgan fingerprint density at radius 3 is 2.36 bits per heavy atom. The first-order valence-electron chi connectivity index (χ1n) is 11.9. The molecular weight excluding hydrogens is 457 g/mol. The van der Waals surface area contributed by atoms with Gasteiger partial charge >= 0.3 is 5.97 Å². The van der Waals surface area contributed by atoms with Crippen molar-refractivity contribution in [3.8, 4) is 11.3 Å². The third-order valence-corrected chi connectivity index (χ3v) is 6.16. The van der Waals surface area contributed by atoms with Crippen molar-refractivity contribution < 1.29 is 19.1 Å². The number of hydrogen-bond donors (Lipinski definition) is 2. The van der Waals surface area contributed by atoms with Crippen LogP contribution in [0.4, 0.5) is 4.39 Å².